The summed E-state index contributed by atoms with van der Waals surface area (Å²) in [6, 6.07) is 0.468. The van der Waals surface area contributed by atoms with Gasteiger partial charge in [0.15, 0.2) is 0 Å². The molecular formula is C14H23BrN2O2. The number of rotatable bonds is 3. The smallest absolute Gasteiger partial charge is 0.224 e. The average molecular weight is 331 g/mol. The summed E-state index contributed by atoms with van der Waals surface area (Å²) in [4.78, 5) is 16.9. The molecule has 2 unspecified atom stereocenters. The number of hydrogen-bond donors (Lipinski definition) is 0. The highest BCUT2D eigenvalue weighted by Gasteiger charge is 2.35. The van der Waals surface area contributed by atoms with Crippen molar-refractivity contribution in [2.45, 2.75) is 49.1 Å². The highest BCUT2D eigenvalue weighted by atomic mass is 79.9. The minimum Gasteiger partial charge on any atom is -0.377 e. The molecule has 3 aliphatic rings. The number of amides is 1. The Kier molecular flexibility index (Phi) is 4.44. The van der Waals surface area contributed by atoms with Crippen LogP contribution in [0.5, 0.6) is 0 Å². The van der Waals surface area contributed by atoms with Crippen LogP contribution in [0.2, 0.25) is 0 Å². The van der Waals surface area contributed by atoms with E-state index in [1.165, 1.54) is 12.8 Å². The summed E-state index contributed by atoms with van der Waals surface area (Å²) in [5.74, 6) is 0.333. The number of likely N-dealkylation sites (tertiary alicyclic amines) is 2. The van der Waals surface area contributed by atoms with Crippen LogP contribution in [0.3, 0.4) is 0 Å². The van der Waals surface area contributed by atoms with Gasteiger partial charge in [0.25, 0.3) is 0 Å². The van der Waals surface area contributed by atoms with Crippen LogP contribution >= 0.6 is 15.9 Å². The summed E-state index contributed by atoms with van der Waals surface area (Å²) >= 11 is 3.57. The van der Waals surface area contributed by atoms with Crippen LogP contribution in [0.1, 0.15) is 32.1 Å². The summed E-state index contributed by atoms with van der Waals surface area (Å²) in [5.41, 5.74) is 0. The van der Waals surface area contributed by atoms with Gasteiger partial charge in [0.1, 0.15) is 0 Å². The maximum absolute atomic E-state index is 11.9. The predicted octanol–water partition coefficient (Wildman–Crippen LogP) is 1.63. The molecule has 5 heteroatoms. The minimum absolute atomic E-state index is 0.333. The minimum atomic E-state index is 0.333. The molecule has 0 bridgehead atoms. The van der Waals surface area contributed by atoms with Gasteiger partial charge in [0, 0.05) is 50.1 Å². The number of piperidine rings is 1. The number of alkyl halides is 1. The first-order valence-electron chi connectivity index (χ1n) is 7.50. The van der Waals surface area contributed by atoms with Gasteiger partial charge in [0.05, 0.1) is 6.10 Å². The maximum Gasteiger partial charge on any atom is 0.224 e. The molecule has 0 aromatic rings. The van der Waals surface area contributed by atoms with Gasteiger partial charge in [0.2, 0.25) is 5.91 Å². The lowest BCUT2D eigenvalue weighted by Crippen LogP contribution is -2.47. The molecule has 3 aliphatic heterocycles. The highest BCUT2D eigenvalue weighted by molar-refractivity contribution is 9.09. The molecule has 0 aromatic heterocycles. The van der Waals surface area contributed by atoms with Gasteiger partial charge in [-0.05, 0) is 25.7 Å². The topological polar surface area (TPSA) is 32.8 Å². The Labute approximate surface area is 123 Å². The van der Waals surface area contributed by atoms with Crippen molar-refractivity contribution in [1.29, 1.82) is 0 Å². The molecule has 0 aromatic carbocycles. The van der Waals surface area contributed by atoms with E-state index < -0.39 is 0 Å². The van der Waals surface area contributed by atoms with Gasteiger partial charge in [-0.15, -0.1) is 0 Å². The van der Waals surface area contributed by atoms with E-state index in [1.807, 2.05) is 0 Å². The van der Waals surface area contributed by atoms with Crippen molar-refractivity contribution in [3.05, 3.63) is 0 Å². The van der Waals surface area contributed by atoms with Crippen LogP contribution in [0, 0.1) is 0 Å². The quantitative estimate of drug-likeness (QED) is 0.737. The van der Waals surface area contributed by atoms with Gasteiger partial charge in [-0.1, -0.05) is 15.9 Å². The Hall–Kier alpha value is -0.130. The van der Waals surface area contributed by atoms with Crippen molar-refractivity contribution < 1.29 is 9.53 Å². The van der Waals surface area contributed by atoms with Crippen LogP contribution in [0.25, 0.3) is 0 Å². The first-order valence-corrected chi connectivity index (χ1v) is 8.41. The Balaban J connectivity index is 1.45. The molecule has 3 heterocycles. The van der Waals surface area contributed by atoms with Gasteiger partial charge >= 0.3 is 0 Å². The second-order valence-electron chi connectivity index (χ2n) is 6.01. The van der Waals surface area contributed by atoms with Gasteiger partial charge < -0.3 is 14.5 Å². The zero-order valence-corrected chi connectivity index (χ0v) is 13.0. The first kappa shape index (κ1) is 13.8. The van der Waals surface area contributed by atoms with E-state index in [-0.39, 0.29) is 0 Å². The van der Waals surface area contributed by atoms with Crippen LogP contribution in [-0.4, -0.2) is 65.5 Å². The Morgan fingerprint density at radius 2 is 2.05 bits per heavy atom. The molecule has 1 amide bonds. The number of carbonyl (C=O) groups is 1. The fourth-order valence-electron chi connectivity index (χ4n) is 3.53. The Morgan fingerprint density at radius 3 is 2.63 bits per heavy atom. The molecule has 0 N–H and O–H groups in total. The second-order valence-corrected chi connectivity index (χ2v) is 7.31. The van der Waals surface area contributed by atoms with E-state index in [0.29, 0.717) is 29.3 Å². The summed E-state index contributed by atoms with van der Waals surface area (Å²) in [7, 11) is 0. The third kappa shape index (κ3) is 3.31. The number of hydrogen-bond acceptors (Lipinski definition) is 3. The van der Waals surface area contributed by atoms with Crippen molar-refractivity contribution in [1.82, 2.24) is 9.80 Å². The van der Waals surface area contributed by atoms with Gasteiger partial charge in [-0.2, -0.15) is 0 Å². The molecular weight excluding hydrogens is 308 g/mol. The van der Waals surface area contributed by atoms with Gasteiger partial charge in [-0.3, -0.25) is 4.79 Å². The van der Waals surface area contributed by atoms with Crippen LogP contribution in [-0.2, 0) is 9.53 Å². The van der Waals surface area contributed by atoms with E-state index >= 15 is 0 Å². The van der Waals surface area contributed by atoms with Crippen LogP contribution in [0.15, 0.2) is 0 Å². The third-order valence-corrected chi connectivity index (χ3v) is 5.21. The Morgan fingerprint density at radius 1 is 1.26 bits per heavy atom. The molecule has 3 rings (SSSR count). The van der Waals surface area contributed by atoms with E-state index in [1.54, 1.807) is 0 Å². The lowest BCUT2D eigenvalue weighted by Gasteiger charge is -2.37. The summed E-state index contributed by atoms with van der Waals surface area (Å²) in [5, 5.41) is 0. The van der Waals surface area contributed by atoms with Crippen molar-refractivity contribution in [3.8, 4) is 0 Å². The molecule has 3 saturated heterocycles. The third-order valence-electron chi connectivity index (χ3n) is 4.59. The molecule has 0 radical (unpaired) electrons. The van der Waals surface area contributed by atoms with E-state index in [2.05, 4.69) is 25.7 Å². The van der Waals surface area contributed by atoms with Crippen molar-refractivity contribution >= 4 is 21.8 Å². The standard InChI is InChI=1S/C14H23BrN2O2/c15-11-8-14(18)17(9-11)12-3-5-16(6-4-12)10-13-2-1-7-19-13/h11-13H,1-10H2. The number of carbonyl (C=O) groups excluding carboxylic acids is 1. The molecule has 4 nitrogen and oxygen atoms in total. The summed E-state index contributed by atoms with van der Waals surface area (Å²) < 4.78 is 5.70. The predicted molar refractivity (Wildman–Crippen MR) is 77.5 cm³/mol. The number of halogens is 1. The summed E-state index contributed by atoms with van der Waals surface area (Å²) in [6.45, 7) is 5.15. The molecule has 2 atom stereocenters. The molecule has 3 fully saturated rings. The normalized spacial score (nSPS) is 34.4. The fourth-order valence-corrected chi connectivity index (χ4v) is 4.12. The van der Waals surface area contributed by atoms with E-state index in [4.69, 9.17) is 4.74 Å². The SMILES string of the molecule is O=C1CC(Br)CN1C1CCN(CC2CCCO2)CC1. The lowest BCUT2D eigenvalue weighted by molar-refractivity contribution is -0.130. The van der Waals surface area contributed by atoms with Gasteiger partial charge in [-0.25, -0.2) is 0 Å². The Bertz CT molecular complexity index is 325. The molecule has 0 saturated carbocycles. The molecule has 108 valence electrons. The lowest BCUT2D eigenvalue weighted by atomic mass is 10.0. The van der Waals surface area contributed by atoms with E-state index in [0.717, 1.165) is 45.6 Å². The molecule has 0 spiro atoms. The number of nitrogens with zero attached hydrogens (tertiary/aromatic N) is 2. The van der Waals surface area contributed by atoms with Crippen LogP contribution < -0.4 is 0 Å². The van der Waals surface area contributed by atoms with Crippen molar-refractivity contribution in [2.75, 3.05) is 32.8 Å². The maximum atomic E-state index is 11.9. The number of ether oxygens (including phenoxy) is 1. The van der Waals surface area contributed by atoms with Crippen molar-refractivity contribution in [3.63, 3.8) is 0 Å². The van der Waals surface area contributed by atoms with E-state index in [9.17, 15) is 4.79 Å². The van der Waals surface area contributed by atoms with Crippen LogP contribution in [0.4, 0.5) is 0 Å². The largest absolute Gasteiger partial charge is 0.377 e. The van der Waals surface area contributed by atoms with Crippen molar-refractivity contribution in [2.24, 2.45) is 0 Å². The zero-order valence-electron chi connectivity index (χ0n) is 11.4. The summed E-state index contributed by atoms with van der Waals surface area (Å²) in [6.07, 6.45) is 5.81. The molecule has 19 heavy (non-hydrogen) atoms. The fraction of sp³-hybridized carbons (Fsp3) is 0.929. The highest BCUT2D eigenvalue weighted by Crippen LogP contribution is 2.26. The zero-order chi connectivity index (χ0) is 13.2. The first-order chi connectivity index (χ1) is 9.22. The second kappa shape index (κ2) is 6.10. The monoisotopic (exact) mass is 330 g/mol. The molecule has 0 aliphatic carbocycles. The average Bonchev–Trinajstić information content (AvgIpc) is 3.00.